The molecule has 11 heavy (non-hydrogen) atoms. The van der Waals surface area contributed by atoms with E-state index in [0.29, 0.717) is 25.2 Å². The van der Waals surface area contributed by atoms with E-state index in [4.69, 9.17) is 4.42 Å². The van der Waals surface area contributed by atoms with Crippen molar-refractivity contribution >= 4 is 0 Å². The quantitative estimate of drug-likeness (QED) is 0.652. The van der Waals surface area contributed by atoms with Crippen LogP contribution < -0.4 is 0 Å². The Kier molecular flexibility index (Phi) is 1.25. The molecular weight excluding hydrogens is 147 g/mol. The molecule has 0 atom stereocenters. The van der Waals surface area contributed by atoms with Gasteiger partial charge in [-0.2, -0.15) is 0 Å². The number of nitrogens with zero attached hydrogens (tertiary/aromatic N) is 2. The molecule has 0 aliphatic heterocycles. The van der Waals surface area contributed by atoms with Crippen molar-refractivity contribution in [3.63, 3.8) is 0 Å². The highest BCUT2D eigenvalue weighted by Crippen LogP contribution is 2.48. The van der Waals surface area contributed by atoms with Crippen LogP contribution in [0.15, 0.2) is 4.42 Å². The molecule has 60 valence electrons. The Morgan fingerprint density at radius 1 is 1.55 bits per heavy atom. The predicted molar refractivity (Wildman–Crippen MR) is 35.7 cm³/mol. The maximum absolute atomic E-state index is 13.2. The summed E-state index contributed by atoms with van der Waals surface area (Å²) in [4.78, 5) is 0. The Hall–Kier alpha value is -0.930. The fraction of sp³-hybridized carbons (Fsp3) is 0.714. The van der Waals surface area contributed by atoms with Crippen LogP contribution in [0.2, 0.25) is 0 Å². The van der Waals surface area contributed by atoms with Gasteiger partial charge in [0.2, 0.25) is 5.89 Å². The number of hydrogen-bond donors (Lipinski definition) is 0. The van der Waals surface area contributed by atoms with E-state index in [1.165, 1.54) is 0 Å². The van der Waals surface area contributed by atoms with Gasteiger partial charge in [-0.25, -0.2) is 4.39 Å². The van der Waals surface area contributed by atoms with Gasteiger partial charge < -0.3 is 4.42 Å². The van der Waals surface area contributed by atoms with Crippen molar-refractivity contribution in [2.75, 3.05) is 0 Å². The second kappa shape index (κ2) is 2.03. The summed E-state index contributed by atoms with van der Waals surface area (Å²) < 4.78 is 18.2. The maximum Gasteiger partial charge on any atom is 0.253 e. The molecule has 1 aromatic rings. The highest BCUT2D eigenvalue weighted by atomic mass is 19.1. The summed E-state index contributed by atoms with van der Waals surface area (Å²) in [5.74, 6) is 0.679. The first-order chi connectivity index (χ1) is 5.24. The van der Waals surface area contributed by atoms with Gasteiger partial charge in [-0.3, -0.25) is 0 Å². The lowest BCUT2D eigenvalue weighted by molar-refractivity contribution is 0.246. The number of aryl methyl sites for hydroxylation is 1. The molecule has 1 aliphatic carbocycles. The lowest BCUT2D eigenvalue weighted by Crippen LogP contribution is -1.96. The molecule has 0 amide bonds. The molecule has 0 N–H and O–H groups in total. The zero-order chi connectivity index (χ0) is 7.90. The Morgan fingerprint density at radius 2 is 2.27 bits per heavy atom. The van der Waals surface area contributed by atoms with Gasteiger partial charge in [0.1, 0.15) is 0 Å². The summed E-state index contributed by atoms with van der Waals surface area (Å²) >= 11 is 0. The molecule has 2 rings (SSSR count). The average molecular weight is 156 g/mol. The number of rotatable bonds is 2. The first-order valence-electron chi connectivity index (χ1n) is 3.76. The Balaban J connectivity index is 2.25. The van der Waals surface area contributed by atoms with Crippen LogP contribution in [0.4, 0.5) is 4.39 Å². The summed E-state index contributed by atoms with van der Waals surface area (Å²) in [5, 5.41) is 7.31. The molecular formula is C7H9FN2O. The summed E-state index contributed by atoms with van der Waals surface area (Å²) in [5.41, 5.74) is -1.28. The van der Waals surface area contributed by atoms with Gasteiger partial charge in [0.05, 0.1) is 0 Å². The van der Waals surface area contributed by atoms with E-state index in [1.807, 2.05) is 6.92 Å². The summed E-state index contributed by atoms with van der Waals surface area (Å²) in [6, 6.07) is 0. The van der Waals surface area contributed by atoms with Gasteiger partial charge in [0, 0.05) is 6.42 Å². The van der Waals surface area contributed by atoms with Gasteiger partial charge in [-0.15, -0.1) is 10.2 Å². The third kappa shape index (κ3) is 1.02. The first-order valence-corrected chi connectivity index (χ1v) is 3.76. The largest absolute Gasteiger partial charge is 0.422 e. The van der Waals surface area contributed by atoms with E-state index in [9.17, 15) is 4.39 Å². The second-order valence-electron chi connectivity index (χ2n) is 2.82. The van der Waals surface area contributed by atoms with Crippen LogP contribution in [-0.2, 0) is 12.1 Å². The van der Waals surface area contributed by atoms with Crippen LogP contribution in [0.3, 0.4) is 0 Å². The number of hydrogen-bond acceptors (Lipinski definition) is 3. The minimum absolute atomic E-state index is 0.161. The molecule has 1 heterocycles. The third-order valence-corrected chi connectivity index (χ3v) is 1.84. The van der Waals surface area contributed by atoms with E-state index in [1.54, 1.807) is 0 Å². The van der Waals surface area contributed by atoms with Gasteiger partial charge >= 0.3 is 0 Å². The minimum atomic E-state index is -1.28. The Bertz CT molecular complexity index is 267. The monoisotopic (exact) mass is 156 g/mol. The Labute approximate surface area is 63.6 Å². The molecule has 0 saturated heterocycles. The molecule has 1 aromatic heterocycles. The second-order valence-corrected chi connectivity index (χ2v) is 2.82. The van der Waals surface area contributed by atoms with E-state index < -0.39 is 5.67 Å². The molecule has 0 radical (unpaired) electrons. The SMILES string of the molecule is CCc1nnc(C2(F)CC2)o1. The van der Waals surface area contributed by atoms with E-state index >= 15 is 0 Å². The molecule has 0 unspecified atom stereocenters. The van der Waals surface area contributed by atoms with E-state index in [0.717, 1.165) is 0 Å². The fourth-order valence-electron chi connectivity index (χ4n) is 0.901. The standard InChI is InChI=1S/C7H9FN2O/c1-2-5-9-10-6(11-5)7(8)3-4-7/h2-4H2,1H3. The molecule has 1 aliphatic rings. The third-order valence-electron chi connectivity index (χ3n) is 1.84. The van der Waals surface area contributed by atoms with Crippen LogP contribution >= 0.6 is 0 Å². The zero-order valence-corrected chi connectivity index (χ0v) is 6.30. The van der Waals surface area contributed by atoms with Crippen LogP contribution in [0, 0.1) is 0 Å². The Morgan fingerprint density at radius 3 is 2.73 bits per heavy atom. The van der Waals surface area contributed by atoms with Crippen LogP contribution in [-0.4, -0.2) is 10.2 Å². The molecule has 0 aromatic carbocycles. The number of alkyl halides is 1. The molecule has 1 fully saturated rings. The van der Waals surface area contributed by atoms with Crippen LogP contribution in [0.25, 0.3) is 0 Å². The molecule has 0 bridgehead atoms. The van der Waals surface area contributed by atoms with Crippen molar-refractivity contribution in [3.05, 3.63) is 11.8 Å². The van der Waals surface area contributed by atoms with Crippen LogP contribution in [0.1, 0.15) is 31.5 Å². The lowest BCUT2D eigenvalue weighted by atomic mass is 10.4. The van der Waals surface area contributed by atoms with Gasteiger partial charge in [0.15, 0.2) is 5.67 Å². The smallest absolute Gasteiger partial charge is 0.253 e. The highest BCUT2D eigenvalue weighted by molar-refractivity contribution is 5.07. The first kappa shape index (κ1) is 6.76. The highest BCUT2D eigenvalue weighted by Gasteiger charge is 2.50. The van der Waals surface area contributed by atoms with Crippen molar-refractivity contribution in [2.45, 2.75) is 31.9 Å². The normalized spacial score (nSPS) is 20.2. The predicted octanol–water partition coefficient (Wildman–Crippen LogP) is 1.59. The number of halogens is 1. The van der Waals surface area contributed by atoms with E-state index in [-0.39, 0.29) is 5.89 Å². The fourth-order valence-corrected chi connectivity index (χ4v) is 0.901. The average Bonchev–Trinajstić information content (AvgIpc) is 2.61. The van der Waals surface area contributed by atoms with Crippen molar-refractivity contribution in [1.29, 1.82) is 0 Å². The summed E-state index contributed by atoms with van der Waals surface area (Å²) in [6.07, 6.45) is 1.72. The number of aromatic nitrogens is 2. The topological polar surface area (TPSA) is 38.9 Å². The van der Waals surface area contributed by atoms with E-state index in [2.05, 4.69) is 10.2 Å². The maximum atomic E-state index is 13.2. The van der Waals surface area contributed by atoms with Crippen molar-refractivity contribution in [2.24, 2.45) is 0 Å². The summed E-state index contributed by atoms with van der Waals surface area (Å²) in [7, 11) is 0. The molecule has 4 heteroatoms. The van der Waals surface area contributed by atoms with Gasteiger partial charge in [0.25, 0.3) is 5.89 Å². The van der Waals surface area contributed by atoms with Crippen LogP contribution in [0.5, 0.6) is 0 Å². The van der Waals surface area contributed by atoms with Crippen molar-refractivity contribution < 1.29 is 8.81 Å². The summed E-state index contributed by atoms with van der Waals surface area (Å²) in [6.45, 7) is 1.90. The van der Waals surface area contributed by atoms with Gasteiger partial charge in [-0.05, 0) is 12.8 Å². The minimum Gasteiger partial charge on any atom is -0.422 e. The molecule has 1 saturated carbocycles. The van der Waals surface area contributed by atoms with Crippen molar-refractivity contribution in [3.8, 4) is 0 Å². The zero-order valence-electron chi connectivity index (χ0n) is 6.30. The molecule has 3 nitrogen and oxygen atoms in total. The van der Waals surface area contributed by atoms with Gasteiger partial charge in [-0.1, -0.05) is 6.92 Å². The molecule has 0 spiro atoms. The lowest BCUT2D eigenvalue weighted by Gasteiger charge is -1.93. The van der Waals surface area contributed by atoms with Crippen molar-refractivity contribution in [1.82, 2.24) is 10.2 Å².